The van der Waals surface area contributed by atoms with Gasteiger partial charge in [0.2, 0.25) is 0 Å². The van der Waals surface area contributed by atoms with E-state index in [4.69, 9.17) is 4.74 Å². The van der Waals surface area contributed by atoms with Gasteiger partial charge in [-0.15, -0.1) is 0 Å². The van der Waals surface area contributed by atoms with Crippen molar-refractivity contribution < 1.29 is 4.74 Å². The highest BCUT2D eigenvalue weighted by atomic mass is 16.5. The van der Waals surface area contributed by atoms with E-state index in [1.54, 1.807) is 0 Å². The highest BCUT2D eigenvalue weighted by Gasteiger charge is 2.10. The fourth-order valence-corrected chi connectivity index (χ4v) is 2.08. The Morgan fingerprint density at radius 3 is 2.47 bits per heavy atom. The SMILES string of the molecule is CC(C)CC(C)NCCN1CCOCC1. The minimum atomic E-state index is 0.644. The minimum Gasteiger partial charge on any atom is -0.379 e. The highest BCUT2D eigenvalue weighted by molar-refractivity contribution is 4.67. The quantitative estimate of drug-likeness (QED) is 0.722. The van der Waals surface area contributed by atoms with Crippen LogP contribution in [0.4, 0.5) is 0 Å². The van der Waals surface area contributed by atoms with Gasteiger partial charge in [-0.1, -0.05) is 13.8 Å². The van der Waals surface area contributed by atoms with Gasteiger partial charge in [0.1, 0.15) is 0 Å². The zero-order valence-corrected chi connectivity index (χ0v) is 10.5. The lowest BCUT2D eigenvalue weighted by Gasteiger charge is -2.27. The molecule has 0 spiro atoms. The molecule has 1 aliphatic heterocycles. The van der Waals surface area contributed by atoms with Gasteiger partial charge in [0.25, 0.3) is 0 Å². The fraction of sp³-hybridized carbons (Fsp3) is 1.00. The van der Waals surface area contributed by atoms with E-state index in [-0.39, 0.29) is 0 Å². The van der Waals surface area contributed by atoms with Crippen molar-refractivity contribution in [1.29, 1.82) is 0 Å². The zero-order valence-electron chi connectivity index (χ0n) is 10.5. The van der Waals surface area contributed by atoms with Crippen molar-refractivity contribution >= 4 is 0 Å². The van der Waals surface area contributed by atoms with Gasteiger partial charge >= 0.3 is 0 Å². The van der Waals surface area contributed by atoms with Gasteiger partial charge in [-0.05, 0) is 19.3 Å². The van der Waals surface area contributed by atoms with Crippen molar-refractivity contribution in [2.24, 2.45) is 5.92 Å². The highest BCUT2D eigenvalue weighted by Crippen LogP contribution is 2.03. The maximum absolute atomic E-state index is 5.32. The molecular weight excluding hydrogens is 188 g/mol. The smallest absolute Gasteiger partial charge is 0.0594 e. The molecule has 0 amide bonds. The Kier molecular flexibility index (Phi) is 6.22. The van der Waals surface area contributed by atoms with E-state index in [1.165, 1.54) is 6.42 Å². The summed E-state index contributed by atoms with van der Waals surface area (Å²) in [6, 6.07) is 0.644. The van der Waals surface area contributed by atoms with Crippen LogP contribution in [0.3, 0.4) is 0 Å². The van der Waals surface area contributed by atoms with Crippen molar-refractivity contribution in [1.82, 2.24) is 10.2 Å². The second kappa shape index (κ2) is 7.20. The normalized spacial score (nSPS) is 20.8. The van der Waals surface area contributed by atoms with Gasteiger partial charge in [-0.3, -0.25) is 4.90 Å². The van der Waals surface area contributed by atoms with Crippen molar-refractivity contribution in [2.45, 2.75) is 33.2 Å². The molecule has 3 heteroatoms. The van der Waals surface area contributed by atoms with E-state index in [1.807, 2.05) is 0 Å². The second-order valence-corrected chi connectivity index (χ2v) is 4.94. The fourth-order valence-electron chi connectivity index (χ4n) is 2.08. The standard InChI is InChI=1S/C12H26N2O/c1-11(2)10-12(3)13-4-5-14-6-8-15-9-7-14/h11-13H,4-10H2,1-3H3. The van der Waals surface area contributed by atoms with Crippen LogP contribution in [0, 0.1) is 5.92 Å². The first-order valence-corrected chi connectivity index (χ1v) is 6.22. The molecule has 0 aliphatic carbocycles. The molecule has 15 heavy (non-hydrogen) atoms. The van der Waals surface area contributed by atoms with Crippen molar-refractivity contribution in [3.63, 3.8) is 0 Å². The van der Waals surface area contributed by atoms with Crippen molar-refractivity contribution in [3.05, 3.63) is 0 Å². The molecule has 0 aromatic heterocycles. The number of rotatable bonds is 6. The van der Waals surface area contributed by atoms with Crippen molar-refractivity contribution in [2.75, 3.05) is 39.4 Å². The summed E-state index contributed by atoms with van der Waals surface area (Å²) in [7, 11) is 0. The van der Waals surface area contributed by atoms with Gasteiger partial charge in [-0.25, -0.2) is 0 Å². The predicted molar refractivity (Wildman–Crippen MR) is 64.2 cm³/mol. The van der Waals surface area contributed by atoms with Gasteiger partial charge in [0.15, 0.2) is 0 Å². The molecule has 1 fully saturated rings. The third kappa shape index (κ3) is 6.13. The summed E-state index contributed by atoms with van der Waals surface area (Å²) < 4.78 is 5.32. The minimum absolute atomic E-state index is 0.644. The zero-order chi connectivity index (χ0) is 11.1. The molecule has 1 rings (SSSR count). The lowest BCUT2D eigenvalue weighted by molar-refractivity contribution is 0.0381. The van der Waals surface area contributed by atoms with Crippen LogP contribution in [0.25, 0.3) is 0 Å². The topological polar surface area (TPSA) is 24.5 Å². The number of ether oxygens (including phenoxy) is 1. The summed E-state index contributed by atoms with van der Waals surface area (Å²) in [6.45, 7) is 13.1. The summed E-state index contributed by atoms with van der Waals surface area (Å²) in [6.07, 6.45) is 1.27. The van der Waals surface area contributed by atoms with Gasteiger partial charge in [0, 0.05) is 32.2 Å². The first kappa shape index (κ1) is 12.9. The Hall–Kier alpha value is -0.120. The lowest BCUT2D eigenvalue weighted by atomic mass is 10.1. The van der Waals surface area contributed by atoms with Crippen LogP contribution in [0.15, 0.2) is 0 Å². The van der Waals surface area contributed by atoms with E-state index in [0.717, 1.165) is 45.3 Å². The summed E-state index contributed by atoms with van der Waals surface area (Å²) in [5.41, 5.74) is 0. The maximum Gasteiger partial charge on any atom is 0.0594 e. The molecule has 1 unspecified atom stereocenters. The first-order valence-electron chi connectivity index (χ1n) is 6.22. The maximum atomic E-state index is 5.32. The summed E-state index contributed by atoms with van der Waals surface area (Å²) in [5.74, 6) is 0.788. The third-order valence-electron chi connectivity index (χ3n) is 2.85. The molecular formula is C12H26N2O. The Balaban J connectivity index is 1.99. The molecule has 0 radical (unpaired) electrons. The van der Waals surface area contributed by atoms with Crippen LogP contribution < -0.4 is 5.32 Å². The van der Waals surface area contributed by atoms with Crippen LogP contribution in [0.2, 0.25) is 0 Å². The van der Waals surface area contributed by atoms with Crippen LogP contribution in [0.1, 0.15) is 27.2 Å². The summed E-state index contributed by atoms with van der Waals surface area (Å²) in [5, 5.41) is 3.58. The Morgan fingerprint density at radius 1 is 1.20 bits per heavy atom. The Labute approximate surface area is 94.2 Å². The first-order chi connectivity index (χ1) is 7.18. The van der Waals surface area contributed by atoms with Crippen LogP contribution in [0.5, 0.6) is 0 Å². The Bertz CT molecular complexity index is 156. The van der Waals surface area contributed by atoms with E-state index < -0.39 is 0 Å². The van der Waals surface area contributed by atoms with E-state index >= 15 is 0 Å². The molecule has 1 N–H and O–H groups in total. The molecule has 0 saturated carbocycles. The molecule has 3 nitrogen and oxygen atoms in total. The number of hydrogen-bond donors (Lipinski definition) is 1. The number of nitrogens with one attached hydrogen (secondary N) is 1. The molecule has 1 aliphatic rings. The number of hydrogen-bond acceptors (Lipinski definition) is 3. The third-order valence-corrected chi connectivity index (χ3v) is 2.85. The average Bonchev–Trinajstić information content (AvgIpc) is 2.18. The van der Waals surface area contributed by atoms with Gasteiger partial charge < -0.3 is 10.1 Å². The number of morpholine rings is 1. The molecule has 0 aromatic rings. The molecule has 1 saturated heterocycles. The van der Waals surface area contributed by atoms with Crippen LogP contribution >= 0.6 is 0 Å². The molecule has 90 valence electrons. The largest absolute Gasteiger partial charge is 0.379 e. The summed E-state index contributed by atoms with van der Waals surface area (Å²) in [4.78, 5) is 2.47. The second-order valence-electron chi connectivity index (χ2n) is 4.94. The van der Waals surface area contributed by atoms with Crippen LogP contribution in [-0.4, -0.2) is 50.3 Å². The monoisotopic (exact) mass is 214 g/mol. The average molecular weight is 214 g/mol. The molecule has 1 heterocycles. The van der Waals surface area contributed by atoms with E-state index in [0.29, 0.717) is 6.04 Å². The van der Waals surface area contributed by atoms with E-state index in [2.05, 4.69) is 31.0 Å². The summed E-state index contributed by atoms with van der Waals surface area (Å²) >= 11 is 0. The predicted octanol–water partition coefficient (Wildman–Crippen LogP) is 1.34. The molecule has 0 aromatic carbocycles. The van der Waals surface area contributed by atoms with Crippen LogP contribution in [-0.2, 0) is 4.74 Å². The molecule has 0 bridgehead atoms. The van der Waals surface area contributed by atoms with Gasteiger partial charge in [0.05, 0.1) is 13.2 Å². The van der Waals surface area contributed by atoms with Crippen molar-refractivity contribution in [3.8, 4) is 0 Å². The van der Waals surface area contributed by atoms with E-state index in [9.17, 15) is 0 Å². The number of nitrogens with zero attached hydrogens (tertiary/aromatic N) is 1. The Morgan fingerprint density at radius 2 is 1.87 bits per heavy atom. The molecule has 1 atom stereocenters. The lowest BCUT2D eigenvalue weighted by Crippen LogP contribution is -2.42. The van der Waals surface area contributed by atoms with Gasteiger partial charge in [-0.2, -0.15) is 0 Å².